The zero-order valence-corrected chi connectivity index (χ0v) is 17.9. The summed E-state index contributed by atoms with van der Waals surface area (Å²) in [4.78, 5) is 37.3. The van der Waals surface area contributed by atoms with E-state index >= 15 is 0 Å². The monoisotopic (exact) mass is 427 g/mol. The van der Waals surface area contributed by atoms with Crippen molar-refractivity contribution in [3.05, 3.63) is 70.8 Å². The number of likely N-dealkylation sites (N-methyl/N-ethyl adjacent to an activating group) is 1. The Labute approximate surface area is 181 Å². The van der Waals surface area contributed by atoms with Gasteiger partial charge in [0.25, 0.3) is 5.91 Å². The smallest absolute Gasteiger partial charge is 0.272 e. The molecular formula is C23H29N3O5. The first-order chi connectivity index (χ1) is 14.8. The van der Waals surface area contributed by atoms with Gasteiger partial charge in [-0.25, -0.2) is 5.48 Å². The maximum Gasteiger partial charge on any atom is 0.272 e. The third kappa shape index (κ3) is 6.63. The molecule has 5 N–H and O–H groups in total. The molecule has 0 bridgehead atoms. The van der Waals surface area contributed by atoms with Crippen molar-refractivity contribution in [3.8, 4) is 0 Å². The predicted molar refractivity (Wildman–Crippen MR) is 115 cm³/mol. The van der Waals surface area contributed by atoms with Crippen molar-refractivity contribution in [3.63, 3.8) is 0 Å². The highest BCUT2D eigenvalue weighted by Gasteiger charge is 2.34. The van der Waals surface area contributed by atoms with E-state index in [4.69, 9.17) is 5.21 Å². The fourth-order valence-corrected chi connectivity index (χ4v) is 3.29. The number of hydroxylamine groups is 1. The maximum atomic E-state index is 13.1. The first-order valence-corrected chi connectivity index (χ1v) is 10.0. The summed E-state index contributed by atoms with van der Waals surface area (Å²) in [5, 5.41) is 24.5. The van der Waals surface area contributed by atoms with Crippen molar-refractivity contribution >= 4 is 17.7 Å². The summed E-state index contributed by atoms with van der Waals surface area (Å²) < 4.78 is 0. The maximum absolute atomic E-state index is 13.1. The Morgan fingerprint density at radius 2 is 1.55 bits per heavy atom. The van der Waals surface area contributed by atoms with Crippen molar-refractivity contribution in [1.29, 1.82) is 0 Å². The van der Waals surface area contributed by atoms with Crippen LogP contribution in [0.5, 0.6) is 0 Å². The van der Waals surface area contributed by atoms with Crippen LogP contribution in [0.15, 0.2) is 48.5 Å². The lowest BCUT2D eigenvalue weighted by Gasteiger charge is -2.24. The molecule has 31 heavy (non-hydrogen) atoms. The van der Waals surface area contributed by atoms with Gasteiger partial charge in [-0.2, -0.15) is 0 Å². The minimum atomic E-state index is -1.80. The van der Waals surface area contributed by atoms with Crippen molar-refractivity contribution in [2.45, 2.75) is 38.8 Å². The first kappa shape index (κ1) is 24.0. The third-order valence-electron chi connectivity index (χ3n) is 5.29. The molecule has 0 aromatic heterocycles. The summed E-state index contributed by atoms with van der Waals surface area (Å²) in [5.41, 5.74) is 5.05. The molecule has 0 aliphatic rings. The standard InChI is InChI=1S/C23H29N3O5/c1-14-9-10-17(11-15(14)2)12-18(20(27)23(30)26-31)21(28)25-19(22(29)24-3)13-16-7-5-4-6-8-16/h4-11,18-20,27,31H,12-13H2,1-3H3,(H,24,29)(H,25,28)(H,26,30)/t18-,19+,20+/m1/s1. The van der Waals surface area contributed by atoms with Gasteiger partial charge in [-0.15, -0.1) is 0 Å². The predicted octanol–water partition coefficient (Wildman–Crippen LogP) is 0.802. The number of aliphatic hydroxyl groups is 1. The molecule has 0 radical (unpaired) electrons. The van der Waals surface area contributed by atoms with Gasteiger partial charge in [-0.3, -0.25) is 19.6 Å². The van der Waals surface area contributed by atoms with E-state index < -0.39 is 35.8 Å². The zero-order chi connectivity index (χ0) is 23.0. The van der Waals surface area contributed by atoms with E-state index in [1.807, 2.05) is 62.4 Å². The highest BCUT2D eigenvalue weighted by atomic mass is 16.5. The molecule has 0 fully saturated rings. The summed E-state index contributed by atoms with van der Waals surface area (Å²) >= 11 is 0. The van der Waals surface area contributed by atoms with Crippen molar-refractivity contribution in [1.82, 2.24) is 16.1 Å². The Bertz CT molecular complexity index is 917. The molecule has 166 valence electrons. The molecule has 3 amide bonds. The number of carbonyl (C=O) groups excluding carboxylic acids is 3. The molecule has 0 saturated carbocycles. The Morgan fingerprint density at radius 1 is 0.871 bits per heavy atom. The second-order valence-corrected chi connectivity index (χ2v) is 7.52. The van der Waals surface area contributed by atoms with E-state index in [0.29, 0.717) is 0 Å². The highest BCUT2D eigenvalue weighted by molar-refractivity contribution is 5.92. The molecular weight excluding hydrogens is 398 g/mol. The van der Waals surface area contributed by atoms with Crippen LogP contribution in [0.2, 0.25) is 0 Å². The topological polar surface area (TPSA) is 128 Å². The molecule has 0 saturated heterocycles. The summed E-state index contributed by atoms with van der Waals surface area (Å²) in [6.45, 7) is 3.88. The first-order valence-electron chi connectivity index (χ1n) is 10.0. The number of aryl methyl sites for hydroxylation is 2. The van der Waals surface area contributed by atoms with Crippen LogP contribution in [0.4, 0.5) is 0 Å². The Hall–Kier alpha value is -3.23. The number of nitrogens with one attached hydrogen (secondary N) is 3. The number of hydrogen-bond donors (Lipinski definition) is 5. The fourth-order valence-electron chi connectivity index (χ4n) is 3.29. The van der Waals surface area contributed by atoms with Crippen LogP contribution in [0.1, 0.15) is 22.3 Å². The number of rotatable bonds is 9. The lowest BCUT2D eigenvalue weighted by Crippen LogP contribution is -2.52. The van der Waals surface area contributed by atoms with E-state index in [9.17, 15) is 19.5 Å². The van der Waals surface area contributed by atoms with Gasteiger partial charge >= 0.3 is 0 Å². The van der Waals surface area contributed by atoms with Gasteiger partial charge in [0.05, 0.1) is 5.92 Å². The second-order valence-electron chi connectivity index (χ2n) is 7.52. The van der Waals surface area contributed by atoms with E-state index in [0.717, 1.165) is 22.3 Å². The van der Waals surface area contributed by atoms with E-state index in [-0.39, 0.29) is 12.8 Å². The molecule has 8 heteroatoms. The molecule has 2 aromatic carbocycles. The van der Waals surface area contributed by atoms with E-state index in [1.165, 1.54) is 12.5 Å². The number of hydrogen-bond acceptors (Lipinski definition) is 5. The lowest BCUT2D eigenvalue weighted by atomic mass is 9.90. The molecule has 0 aliphatic carbocycles. The highest BCUT2D eigenvalue weighted by Crippen LogP contribution is 2.18. The van der Waals surface area contributed by atoms with Crippen LogP contribution in [-0.4, -0.2) is 47.2 Å². The van der Waals surface area contributed by atoms with E-state index in [2.05, 4.69) is 10.6 Å². The van der Waals surface area contributed by atoms with Gasteiger partial charge in [0, 0.05) is 13.5 Å². The summed E-state index contributed by atoms with van der Waals surface area (Å²) in [6.07, 6.45) is -1.51. The Kier molecular flexibility index (Phi) is 8.72. The van der Waals surface area contributed by atoms with Gasteiger partial charge in [0.15, 0.2) is 0 Å². The van der Waals surface area contributed by atoms with Crippen molar-refractivity contribution in [2.24, 2.45) is 5.92 Å². The molecule has 0 spiro atoms. The molecule has 0 aliphatic heterocycles. The largest absolute Gasteiger partial charge is 0.382 e. The van der Waals surface area contributed by atoms with Gasteiger partial charge in [-0.1, -0.05) is 48.5 Å². The van der Waals surface area contributed by atoms with Crippen LogP contribution in [-0.2, 0) is 27.2 Å². The summed E-state index contributed by atoms with van der Waals surface area (Å²) in [7, 11) is 1.47. The van der Waals surface area contributed by atoms with Crippen molar-refractivity contribution < 1.29 is 24.7 Å². The van der Waals surface area contributed by atoms with Crippen molar-refractivity contribution in [2.75, 3.05) is 7.05 Å². The number of benzene rings is 2. The molecule has 0 unspecified atom stereocenters. The minimum absolute atomic E-state index is 0.0489. The van der Waals surface area contributed by atoms with Gasteiger partial charge in [-0.05, 0) is 42.5 Å². The van der Waals surface area contributed by atoms with Crippen LogP contribution >= 0.6 is 0 Å². The fraction of sp³-hybridized carbons (Fsp3) is 0.348. The van der Waals surface area contributed by atoms with Crippen LogP contribution in [0.3, 0.4) is 0 Å². The van der Waals surface area contributed by atoms with Gasteiger partial charge < -0.3 is 15.7 Å². The summed E-state index contributed by atoms with van der Waals surface area (Å²) in [6, 6.07) is 13.9. The average molecular weight is 428 g/mol. The van der Waals surface area contributed by atoms with Crippen LogP contribution < -0.4 is 16.1 Å². The second kappa shape index (κ2) is 11.2. The minimum Gasteiger partial charge on any atom is -0.382 e. The molecule has 2 rings (SSSR count). The Morgan fingerprint density at radius 3 is 2.13 bits per heavy atom. The normalized spacial score (nSPS) is 13.6. The quantitative estimate of drug-likeness (QED) is 0.299. The Balaban J connectivity index is 2.27. The van der Waals surface area contributed by atoms with Crippen LogP contribution in [0, 0.1) is 19.8 Å². The van der Waals surface area contributed by atoms with Gasteiger partial charge in [0.2, 0.25) is 11.8 Å². The zero-order valence-electron chi connectivity index (χ0n) is 17.9. The van der Waals surface area contributed by atoms with E-state index in [1.54, 1.807) is 0 Å². The summed E-state index contributed by atoms with van der Waals surface area (Å²) in [5.74, 6) is -3.37. The third-order valence-corrected chi connectivity index (χ3v) is 5.29. The number of amides is 3. The molecule has 3 atom stereocenters. The van der Waals surface area contributed by atoms with Gasteiger partial charge in [0.1, 0.15) is 12.1 Å². The molecule has 2 aromatic rings. The number of aliphatic hydroxyl groups excluding tert-OH is 1. The van der Waals surface area contributed by atoms with Crippen LogP contribution in [0.25, 0.3) is 0 Å². The number of carbonyl (C=O) groups is 3. The lowest BCUT2D eigenvalue weighted by molar-refractivity contribution is -0.146. The molecule has 8 nitrogen and oxygen atoms in total. The average Bonchev–Trinajstić information content (AvgIpc) is 2.78. The molecule has 0 heterocycles. The SMILES string of the molecule is CNC(=O)[C@H](Cc1ccccc1)NC(=O)[C@H](Cc1ccc(C)c(C)c1)[C@H](O)C(=O)NO.